The number of aromatic nitrogens is 2. The molecule has 0 aliphatic rings. The number of nitrogens with zero attached hydrogens (tertiary/aromatic N) is 2. The lowest BCUT2D eigenvalue weighted by atomic mass is 10.2. The minimum absolute atomic E-state index is 0.424. The highest BCUT2D eigenvalue weighted by Gasteiger charge is 2.05. The summed E-state index contributed by atoms with van der Waals surface area (Å²) < 4.78 is 5.63. The number of benzene rings is 2. The fourth-order valence-electron chi connectivity index (χ4n) is 2.09. The molecule has 0 saturated heterocycles. The van der Waals surface area contributed by atoms with E-state index in [0.717, 1.165) is 10.9 Å². The van der Waals surface area contributed by atoms with Crippen LogP contribution in [0.25, 0.3) is 10.9 Å². The van der Waals surface area contributed by atoms with Crippen molar-refractivity contribution in [2.45, 2.75) is 0 Å². The van der Waals surface area contributed by atoms with Crippen molar-refractivity contribution in [3.8, 4) is 5.75 Å². The molecule has 0 unspecified atom stereocenters. The Morgan fingerprint density at radius 2 is 1.74 bits per heavy atom. The van der Waals surface area contributed by atoms with Crippen molar-refractivity contribution in [3.63, 3.8) is 0 Å². The van der Waals surface area contributed by atoms with Crippen LogP contribution in [0.3, 0.4) is 0 Å². The predicted octanol–water partition coefficient (Wildman–Crippen LogP) is 5.08. The molecule has 7 heteroatoms. The Morgan fingerprint density at radius 3 is 2.57 bits per heavy atom. The minimum atomic E-state index is 0.424. The fourth-order valence-corrected chi connectivity index (χ4v) is 2.73. The topological polar surface area (TPSA) is 47.0 Å². The molecule has 23 heavy (non-hydrogen) atoms. The highest BCUT2D eigenvalue weighted by molar-refractivity contribution is 6.35. The monoisotopic (exact) mass is 367 g/mol. The zero-order chi connectivity index (χ0) is 16.2. The van der Waals surface area contributed by atoms with Gasteiger partial charge in [0.2, 0.25) is 0 Å². The summed E-state index contributed by atoms with van der Waals surface area (Å²) in [5.41, 5.74) is 0.827. The van der Waals surface area contributed by atoms with Crippen LogP contribution >= 0.6 is 34.8 Å². The molecular weight excluding hydrogens is 357 g/mol. The molecule has 0 radical (unpaired) electrons. The van der Waals surface area contributed by atoms with Gasteiger partial charge in [-0.3, -0.25) is 0 Å². The molecule has 3 aromatic rings. The number of fused-ring (bicyclic) bond motifs is 1. The van der Waals surface area contributed by atoms with Crippen molar-refractivity contribution in [2.24, 2.45) is 0 Å². The molecule has 0 aliphatic heterocycles. The Kier molecular flexibility index (Phi) is 5.06. The highest BCUT2D eigenvalue weighted by Crippen LogP contribution is 2.27. The first-order valence-electron chi connectivity index (χ1n) is 6.85. The summed E-state index contributed by atoms with van der Waals surface area (Å²) >= 11 is 17.9. The third kappa shape index (κ3) is 3.96. The minimum Gasteiger partial charge on any atom is -0.490 e. The summed E-state index contributed by atoms with van der Waals surface area (Å²) in [7, 11) is 0. The van der Waals surface area contributed by atoms with Gasteiger partial charge >= 0.3 is 0 Å². The first-order chi connectivity index (χ1) is 11.1. The van der Waals surface area contributed by atoms with Gasteiger partial charge in [0.25, 0.3) is 0 Å². The second-order valence-corrected chi connectivity index (χ2v) is 6.01. The van der Waals surface area contributed by atoms with E-state index >= 15 is 0 Å². The lowest BCUT2D eigenvalue weighted by Crippen LogP contribution is -2.13. The van der Waals surface area contributed by atoms with E-state index in [9.17, 15) is 0 Å². The Labute approximate surface area is 148 Å². The molecule has 2 aromatic carbocycles. The lowest BCUT2D eigenvalue weighted by Gasteiger charge is -2.11. The molecule has 0 saturated carbocycles. The zero-order valence-corrected chi connectivity index (χ0v) is 14.2. The van der Waals surface area contributed by atoms with Crippen LogP contribution in [0, 0.1) is 0 Å². The molecule has 0 bridgehead atoms. The molecule has 1 N–H and O–H groups in total. The Hall–Kier alpha value is -1.75. The molecule has 0 aliphatic carbocycles. The van der Waals surface area contributed by atoms with Gasteiger partial charge in [0.05, 0.1) is 17.1 Å². The highest BCUT2D eigenvalue weighted by atomic mass is 35.5. The van der Waals surface area contributed by atoms with E-state index in [4.69, 9.17) is 39.5 Å². The van der Waals surface area contributed by atoms with E-state index in [1.54, 1.807) is 24.3 Å². The van der Waals surface area contributed by atoms with Gasteiger partial charge in [-0.15, -0.1) is 0 Å². The number of hydrogen-bond acceptors (Lipinski definition) is 4. The van der Waals surface area contributed by atoms with Crippen LogP contribution in [0.2, 0.25) is 15.1 Å². The maximum absolute atomic E-state index is 6.06. The van der Waals surface area contributed by atoms with Crippen LogP contribution in [-0.2, 0) is 0 Å². The van der Waals surface area contributed by atoms with Crippen molar-refractivity contribution in [1.29, 1.82) is 0 Å². The van der Waals surface area contributed by atoms with Gasteiger partial charge in [-0.25, -0.2) is 9.97 Å². The summed E-state index contributed by atoms with van der Waals surface area (Å²) in [4.78, 5) is 8.45. The van der Waals surface area contributed by atoms with Crippen molar-refractivity contribution in [1.82, 2.24) is 9.97 Å². The van der Waals surface area contributed by atoms with Gasteiger partial charge in [0, 0.05) is 15.4 Å². The van der Waals surface area contributed by atoms with Crippen LogP contribution < -0.4 is 10.1 Å². The van der Waals surface area contributed by atoms with Gasteiger partial charge in [0.15, 0.2) is 0 Å². The molecule has 0 atom stereocenters. The largest absolute Gasteiger partial charge is 0.490 e. The Balaban J connectivity index is 1.64. The van der Waals surface area contributed by atoms with Crippen LogP contribution in [0.1, 0.15) is 0 Å². The molecular formula is C16H12Cl3N3O. The van der Waals surface area contributed by atoms with Crippen LogP contribution in [0.5, 0.6) is 5.75 Å². The summed E-state index contributed by atoms with van der Waals surface area (Å²) in [6, 6.07) is 10.6. The van der Waals surface area contributed by atoms with Crippen molar-refractivity contribution in [3.05, 3.63) is 57.8 Å². The van der Waals surface area contributed by atoms with Crippen molar-refractivity contribution >= 4 is 51.5 Å². The average molecular weight is 369 g/mol. The summed E-state index contributed by atoms with van der Waals surface area (Å²) in [6.45, 7) is 0.977. The zero-order valence-electron chi connectivity index (χ0n) is 11.9. The third-order valence-electron chi connectivity index (χ3n) is 3.14. The number of halogens is 3. The van der Waals surface area contributed by atoms with Crippen LogP contribution in [0.4, 0.5) is 5.82 Å². The number of hydrogen-bond donors (Lipinski definition) is 1. The van der Waals surface area contributed by atoms with Crippen LogP contribution in [-0.4, -0.2) is 23.1 Å². The SMILES string of the molecule is Clc1ccc(OCCNc2ncnc3ccc(Cl)cc23)c(Cl)c1. The Bertz CT molecular complexity index is 842. The number of ether oxygens (including phenoxy) is 1. The van der Waals surface area contributed by atoms with Crippen molar-refractivity contribution in [2.75, 3.05) is 18.5 Å². The Morgan fingerprint density at radius 1 is 0.957 bits per heavy atom. The molecule has 1 aromatic heterocycles. The van der Waals surface area contributed by atoms with E-state index < -0.39 is 0 Å². The number of rotatable bonds is 5. The normalized spacial score (nSPS) is 10.7. The standard InChI is InChI=1S/C16H12Cl3N3O/c17-10-1-3-14-12(7-10)16(22-9-21-14)20-5-6-23-15-4-2-11(18)8-13(15)19/h1-4,7-9H,5-6H2,(H,20,21,22). The summed E-state index contributed by atoms with van der Waals surface area (Å²) in [5.74, 6) is 1.30. The maximum Gasteiger partial charge on any atom is 0.138 e. The second kappa shape index (κ2) is 7.21. The maximum atomic E-state index is 6.06. The molecule has 0 fully saturated rings. The van der Waals surface area contributed by atoms with E-state index in [0.29, 0.717) is 39.8 Å². The molecule has 3 rings (SSSR count). The summed E-state index contributed by atoms with van der Waals surface area (Å²) in [6.07, 6.45) is 1.51. The van der Waals surface area contributed by atoms with Crippen LogP contribution in [0.15, 0.2) is 42.7 Å². The van der Waals surface area contributed by atoms with E-state index in [2.05, 4.69) is 15.3 Å². The van der Waals surface area contributed by atoms with E-state index in [1.807, 2.05) is 12.1 Å². The van der Waals surface area contributed by atoms with Gasteiger partial charge in [-0.2, -0.15) is 0 Å². The molecule has 1 heterocycles. The third-order valence-corrected chi connectivity index (χ3v) is 3.91. The fraction of sp³-hybridized carbons (Fsp3) is 0.125. The molecule has 0 spiro atoms. The van der Waals surface area contributed by atoms with Crippen molar-refractivity contribution < 1.29 is 4.74 Å². The van der Waals surface area contributed by atoms with E-state index in [-0.39, 0.29) is 0 Å². The smallest absolute Gasteiger partial charge is 0.138 e. The second-order valence-electron chi connectivity index (χ2n) is 4.73. The number of anilines is 1. The van der Waals surface area contributed by atoms with Gasteiger partial charge in [-0.05, 0) is 36.4 Å². The van der Waals surface area contributed by atoms with E-state index in [1.165, 1.54) is 6.33 Å². The number of nitrogens with one attached hydrogen (secondary N) is 1. The molecule has 0 amide bonds. The first kappa shape index (κ1) is 16.1. The molecule has 118 valence electrons. The van der Waals surface area contributed by atoms with Gasteiger partial charge in [-0.1, -0.05) is 34.8 Å². The molecule has 4 nitrogen and oxygen atoms in total. The van der Waals surface area contributed by atoms with Gasteiger partial charge < -0.3 is 10.1 Å². The van der Waals surface area contributed by atoms with Gasteiger partial charge in [0.1, 0.15) is 24.5 Å². The quantitative estimate of drug-likeness (QED) is 0.638. The summed E-state index contributed by atoms with van der Waals surface area (Å²) in [5, 5.41) is 5.77. The predicted molar refractivity (Wildman–Crippen MR) is 95.0 cm³/mol. The average Bonchev–Trinajstić information content (AvgIpc) is 2.53. The first-order valence-corrected chi connectivity index (χ1v) is 7.99. The lowest BCUT2D eigenvalue weighted by molar-refractivity contribution is 0.333.